The zero-order valence-electron chi connectivity index (χ0n) is 13.0. The molecule has 0 aromatic rings. The van der Waals surface area contributed by atoms with Gasteiger partial charge in [-0.05, 0) is 20.8 Å². The van der Waals surface area contributed by atoms with E-state index in [1.165, 1.54) is 0 Å². The predicted molar refractivity (Wildman–Crippen MR) is 83.7 cm³/mol. The van der Waals surface area contributed by atoms with E-state index in [2.05, 4.69) is 13.8 Å². The number of carboxylic acid groups (broad SMARTS) is 1. The van der Waals surface area contributed by atoms with Crippen LogP contribution >= 0.6 is 11.8 Å². The van der Waals surface area contributed by atoms with Crippen molar-refractivity contribution in [2.45, 2.75) is 31.6 Å². The summed E-state index contributed by atoms with van der Waals surface area (Å²) in [6.07, 6.45) is 0. The Morgan fingerprint density at radius 3 is 2.24 bits per heavy atom. The van der Waals surface area contributed by atoms with Gasteiger partial charge >= 0.3 is 12.0 Å². The Bertz CT molecular complexity index is 408. The first-order valence-electron chi connectivity index (χ1n) is 7.45. The first kappa shape index (κ1) is 16.4. The van der Waals surface area contributed by atoms with Crippen LogP contribution in [0.4, 0.5) is 4.79 Å². The fourth-order valence-corrected chi connectivity index (χ4v) is 3.95. The minimum atomic E-state index is -0.801. The third-order valence-electron chi connectivity index (χ3n) is 4.19. The average Bonchev–Trinajstić information content (AvgIpc) is 2.44. The van der Waals surface area contributed by atoms with Gasteiger partial charge in [0, 0.05) is 49.8 Å². The van der Waals surface area contributed by atoms with Gasteiger partial charge in [0.15, 0.2) is 0 Å². The van der Waals surface area contributed by atoms with Crippen LogP contribution in [0.3, 0.4) is 0 Å². The molecule has 120 valence electrons. The molecular formula is C14H25N3O3S. The number of rotatable bonds is 2. The summed E-state index contributed by atoms with van der Waals surface area (Å²) in [5.41, 5.74) is 0. The van der Waals surface area contributed by atoms with Crippen LogP contribution in [0.25, 0.3) is 0 Å². The molecule has 7 heteroatoms. The number of piperazine rings is 1. The van der Waals surface area contributed by atoms with Crippen LogP contribution in [0.5, 0.6) is 0 Å². The third kappa shape index (κ3) is 4.03. The largest absolute Gasteiger partial charge is 0.480 e. The molecule has 0 spiro atoms. The molecule has 1 unspecified atom stereocenters. The Balaban J connectivity index is 1.87. The Kier molecular flexibility index (Phi) is 5.03. The van der Waals surface area contributed by atoms with E-state index in [9.17, 15) is 9.59 Å². The number of carbonyl (C=O) groups excluding carboxylic acids is 1. The lowest BCUT2D eigenvalue weighted by Gasteiger charge is -2.42. The first-order chi connectivity index (χ1) is 9.80. The zero-order chi connectivity index (χ0) is 15.6. The van der Waals surface area contributed by atoms with E-state index < -0.39 is 12.0 Å². The van der Waals surface area contributed by atoms with Crippen LogP contribution < -0.4 is 0 Å². The molecule has 6 nitrogen and oxygen atoms in total. The molecule has 0 bridgehead atoms. The number of aliphatic carboxylic acids is 1. The van der Waals surface area contributed by atoms with Crippen molar-refractivity contribution >= 4 is 23.8 Å². The highest BCUT2D eigenvalue weighted by Crippen LogP contribution is 2.30. The van der Waals surface area contributed by atoms with Gasteiger partial charge in [0.05, 0.1) is 0 Å². The van der Waals surface area contributed by atoms with Gasteiger partial charge in [0.2, 0.25) is 0 Å². The summed E-state index contributed by atoms with van der Waals surface area (Å²) < 4.78 is 0.119. The fraction of sp³-hybridized carbons (Fsp3) is 0.857. The molecule has 0 saturated carbocycles. The van der Waals surface area contributed by atoms with Crippen molar-refractivity contribution in [3.63, 3.8) is 0 Å². The Morgan fingerprint density at radius 2 is 1.71 bits per heavy atom. The summed E-state index contributed by atoms with van der Waals surface area (Å²) in [5, 5.41) is 9.04. The molecule has 2 amide bonds. The Morgan fingerprint density at radius 1 is 1.10 bits per heavy atom. The fourth-order valence-electron chi connectivity index (χ4n) is 2.84. The molecule has 2 aliphatic rings. The van der Waals surface area contributed by atoms with Crippen LogP contribution in [0.15, 0.2) is 0 Å². The monoisotopic (exact) mass is 315 g/mol. The van der Waals surface area contributed by atoms with E-state index in [4.69, 9.17) is 5.11 Å². The van der Waals surface area contributed by atoms with Gasteiger partial charge in [-0.3, -0.25) is 9.69 Å². The number of urea groups is 1. The third-order valence-corrected chi connectivity index (χ3v) is 5.48. The standard InChI is InChI=1S/C14H25N3O3S/c1-11(12(18)19)15-4-6-16(7-5-15)13(20)17-8-9-21-14(2,3)10-17/h11H,4-10H2,1-3H3,(H,18,19). The van der Waals surface area contributed by atoms with E-state index >= 15 is 0 Å². The van der Waals surface area contributed by atoms with Crippen LogP contribution in [0.1, 0.15) is 20.8 Å². The molecule has 2 heterocycles. The van der Waals surface area contributed by atoms with Crippen molar-refractivity contribution < 1.29 is 14.7 Å². The number of carbonyl (C=O) groups is 2. The minimum Gasteiger partial charge on any atom is -0.480 e. The summed E-state index contributed by atoms with van der Waals surface area (Å²) in [6.45, 7) is 10.1. The summed E-state index contributed by atoms with van der Waals surface area (Å²) in [7, 11) is 0. The van der Waals surface area contributed by atoms with Crippen molar-refractivity contribution in [2.24, 2.45) is 0 Å². The SMILES string of the molecule is CC(C(=O)O)N1CCN(C(=O)N2CCSC(C)(C)C2)CC1. The number of hydrogen-bond donors (Lipinski definition) is 1. The predicted octanol–water partition coefficient (Wildman–Crippen LogP) is 1.02. The maximum atomic E-state index is 12.6. The van der Waals surface area contributed by atoms with Crippen molar-refractivity contribution in [1.29, 1.82) is 0 Å². The lowest BCUT2D eigenvalue weighted by atomic mass is 10.2. The molecule has 21 heavy (non-hydrogen) atoms. The molecule has 0 aromatic carbocycles. The summed E-state index contributed by atoms with van der Waals surface area (Å²) in [6, 6.07) is -0.376. The maximum absolute atomic E-state index is 12.6. The zero-order valence-corrected chi connectivity index (χ0v) is 13.9. The van der Waals surface area contributed by atoms with E-state index in [1.54, 1.807) is 6.92 Å². The molecule has 0 radical (unpaired) electrons. The average molecular weight is 315 g/mol. The smallest absolute Gasteiger partial charge is 0.320 e. The highest BCUT2D eigenvalue weighted by atomic mass is 32.2. The molecule has 1 N–H and O–H groups in total. The second-order valence-electron chi connectivity index (χ2n) is 6.35. The number of carboxylic acids is 1. The van der Waals surface area contributed by atoms with Crippen molar-refractivity contribution in [3.8, 4) is 0 Å². The highest BCUT2D eigenvalue weighted by molar-refractivity contribution is 8.00. The Labute approximate surface area is 130 Å². The number of amides is 2. The first-order valence-corrected chi connectivity index (χ1v) is 8.43. The highest BCUT2D eigenvalue weighted by Gasteiger charge is 2.34. The van der Waals surface area contributed by atoms with Crippen molar-refractivity contribution in [2.75, 3.05) is 45.0 Å². The van der Waals surface area contributed by atoms with Crippen molar-refractivity contribution in [3.05, 3.63) is 0 Å². The van der Waals surface area contributed by atoms with Gasteiger partial charge < -0.3 is 14.9 Å². The van der Waals surface area contributed by atoms with Crippen LogP contribution in [0, 0.1) is 0 Å². The van der Waals surface area contributed by atoms with Gasteiger partial charge in [-0.15, -0.1) is 0 Å². The van der Waals surface area contributed by atoms with Gasteiger partial charge in [-0.1, -0.05) is 0 Å². The maximum Gasteiger partial charge on any atom is 0.320 e. The molecule has 2 saturated heterocycles. The molecule has 0 aliphatic carbocycles. The molecule has 2 aliphatic heterocycles. The molecular weight excluding hydrogens is 290 g/mol. The second-order valence-corrected chi connectivity index (χ2v) is 8.15. The Hall–Kier alpha value is -0.950. The molecule has 2 rings (SSSR count). The number of nitrogens with zero attached hydrogens (tertiary/aromatic N) is 3. The normalized spacial score (nSPS) is 24.7. The second kappa shape index (κ2) is 6.44. The number of thioether (sulfide) groups is 1. The van der Waals surface area contributed by atoms with Crippen LogP contribution in [0.2, 0.25) is 0 Å². The number of hydrogen-bond acceptors (Lipinski definition) is 4. The molecule has 2 fully saturated rings. The molecule has 1 atom stereocenters. The van der Waals surface area contributed by atoms with E-state index in [0.29, 0.717) is 26.2 Å². The topological polar surface area (TPSA) is 64.1 Å². The summed E-state index contributed by atoms with van der Waals surface area (Å²) >= 11 is 1.91. The minimum absolute atomic E-state index is 0.103. The summed E-state index contributed by atoms with van der Waals surface area (Å²) in [5.74, 6) is 0.180. The molecule has 0 aromatic heterocycles. The van der Waals surface area contributed by atoms with Crippen LogP contribution in [-0.2, 0) is 4.79 Å². The van der Waals surface area contributed by atoms with Crippen molar-refractivity contribution in [1.82, 2.24) is 14.7 Å². The lowest BCUT2D eigenvalue weighted by Crippen LogP contribution is -2.58. The van der Waals surface area contributed by atoms with E-state index in [1.807, 2.05) is 26.5 Å². The van der Waals surface area contributed by atoms with Gasteiger partial charge in [-0.2, -0.15) is 11.8 Å². The van der Waals surface area contributed by atoms with E-state index in [-0.39, 0.29) is 10.8 Å². The van der Waals surface area contributed by atoms with Gasteiger partial charge in [0.1, 0.15) is 6.04 Å². The van der Waals surface area contributed by atoms with Gasteiger partial charge in [0.25, 0.3) is 0 Å². The summed E-state index contributed by atoms with van der Waals surface area (Å²) in [4.78, 5) is 29.3. The van der Waals surface area contributed by atoms with Crippen LogP contribution in [-0.4, -0.2) is 87.6 Å². The van der Waals surface area contributed by atoms with Gasteiger partial charge in [-0.25, -0.2) is 4.79 Å². The quantitative estimate of drug-likeness (QED) is 0.824. The lowest BCUT2D eigenvalue weighted by molar-refractivity contribution is -0.143. The van der Waals surface area contributed by atoms with E-state index in [0.717, 1.165) is 18.8 Å².